The molecule has 0 radical (unpaired) electrons. The highest BCUT2D eigenvalue weighted by atomic mass is 127. The lowest BCUT2D eigenvalue weighted by Crippen LogP contribution is -2.49. The van der Waals surface area contributed by atoms with E-state index >= 15 is 0 Å². The normalized spacial score (nSPS) is 16.4. The summed E-state index contributed by atoms with van der Waals surface area (Å²) in [6, 6.07) is 10.9. The van der Waals surface area contributed by atoms with Gasteiger partial charge in [0, 0.05) is 43.3 Å². The van der Waals surface area contributed by atoms with Gasteiger partial charge < -0.3 is 15.5 Å². The van der Waals surface area contributed by atoms with E-state index in [1.165, 1.54) is 4.88 Å². The molecule has 2 N–H and O–H groups in total. The summed E-state index contributed by atoms with van der Waals surface area (Å²) in [4.78, 5) is 13.1. The minimum atomic E-state index is 0. The Hall–Kier alpha value is -1.35. The van der Waals surface area contributed by atoms with Crippen molar-refractivity contribution in [2.45, 2.75) is 39.2 Å². The lowest BCUT2D eigenvalue weighted by molar-refractivity contribution is 0.458. The SMILES string of the molecule is CCNC(=NCC(C)Cc1cccs1)NC1CCN(c2ccccn2)CC1.I. The first-order valence-electron chi connectivity index (χ1n) is 9.97. The molecule has 7 heteroatoms. The van der Waals surface area contributed by atoms with Gasteiger partial charge in [-0.15, -0.1) is 35.3 Å². The van der Waals surface area contributed by atoms with Crippen LogP contribution in [0.3, 0.4) is 0 Å². The van der Waals surface area contributed by atoms with E-state index in [1.807, 2.05) is 23.6 Å². The van der Waals surface area contributed by atoms with Crippen molar-refractivity contribution in [3.8, 4) is 0 Å². The van der Waals surface area contributed by atoms with Gasteiger partial charge in [0.05, 0.1) is 0 Å². The van der Waals surface area contributed by atoms with Gasteiger partial charge in [-0.25, -0.2) is 4.98 Å². The molecule has 0 spiro atoms. The topological polar surface area (TPSA) is 52.6 Å². The number of thiophene rings is 1. The third-order valence-corrected chi connectivity index (χ3v) is 5.74. The molecule has 1 aliphatic rings. The Bertz CT molecular complexity index is 684. The molecular weight excluding hydrogens is 481 g/mol. The van der Waals surface area contributed by atoms with Gasteiger partial charge in [0.1, 0.15) is 5.82 Å². The number of hydrogen-bond donors (Lipinski definition) is 2. The second kappa shape index (κ2) is 12.3. The molecule has 3 rings (SSSR count). The van der Waals surface area contributed by atoms with E-state index in [1.54, 1.807) is 0 Å². The van der Waals surface area contributed by atoms with Crippen LogP contribution in [0.5, 0.6) is 0 Å². The van der Waals surface area contributed by atoms with Crippen LogP contribution in [0.2, 0.25) is 0 Å². The molecule has 0 saturated carbocycles. The van der Waals surface area contributed by atoms with Crippen LogP contribution in [-0.4, -0.2) is 43.2 Å². The Morgan fingerprint density at radius 2 is 2.11 bits per heavy atom. The highest BCUT2D eigenvalue weighted by Gasteiger charge is 2.20. The smallest absolute Gasteiger partial charge is 0.191 e. The lowest BCUT2D eigenvalue weighted by atomic mass is 10.1. The van der Waals surface area contributed by atoms with E-state index < -0.39 is 0 Å². The fourth-order valence-corrected chi connectivity index (χ4v) is 4.26. The lowest BCUT2D eigenvalue weighted by Gasteiger charge is -2.33. The van der Waals surface area contributed by atoms with Crippen LogP contribution in [0.4, 0.5) is 5.82 Å². The Balaban J connectivity index is 0.00000280. The molecule has 0 aromatic carbocycles. The molecule has 1 aliphatic heterocycles. The number of guanidine groups is 1. The molecule has 5 nitrogen and oxygen atoms in total. The summed E-state index contributed by atoms with van der Waals surface area (Å²) in [5.41, 5.74) is 0. The van der Waals surface area contributed by atoms with Crippen molar-refractivity contribution in [1.82, 2.24) is 15.6 Å². The van der Waals surface area contributed by atoms with E-state index in [9.17, 15) is 0 Å². The summed E-state index contributed by atoms with van der Waals surface area (Å²) >= 11 is 1.83. The molecule has 1 unspecified atom stereocenters. The van der Waals surface area contributed by atoms with Crippen LogP contribution >= 0.6 is 35.3 Å². The van der Waals surface area contributed by atoms with Crippen molar-refractivity contribution in [3.63, 3.8) is 0 Å². The van der Waals surface area contributed by atoms with Crippen molar-refractivity contribution < 1.29 is 0 Å². The van der Waals surface area contributed by atoms with E-state index in [4.69, 9.17) is 4.99 Å². The Labute approximate surface area is 190 Å². The van der Waals surface area contributed by atoms with Crippen LogP contribution in [0.1, 0.15) is 31.6 Å². The third kappa shape index (κ3) is 7.24. The predicted molar refractivity (Wildman–Crippen MR) is 131 cm³/mol. The maximum Gasteiger partial charge on any atom is 0.191 e. The molecule has 154 valence electrons. The van der Waals surface area contributed by atoms with Crippen molar-refractivity contribution in [2.75, 3.05) is 31.1 Å². The van der Waals surface area contributed by atoms with Crippen molar-refractivity contribution in [3.05, 3.63) is 46.8 Å². The highest BCUT2D eigenvalue weighted by molar-refractivity contribution is 14.0. The number of aliphatic imine (C=N–C) groups is 1. The van der Waals surface area contributed by atoms with Crippen LogP contribution < -0.4 is 15.5 Å². The van der Waals surface area contributed by atoms with Crippen LogP contribution in [0.15, 0.2) is 46.9 Å². The summed E-state index contributed by atoms with van der Waals surface area (Å²) in [5.74, 6) is 2.58. The Kier molecular flexibility index (Phi) is 10.0. The second-order valence-corrected chi connectivity index (χ2v) is 8.23. The summed E-state index contributed by atoms with van der Waals surface area (Å²) in [7, 11) is 0. The molecule has 1 saturated heterocycles. The predicted octanol–water partition coefficient (Wildman–Crippen LogP) is 4.16. The van der Waals surface area contributed by atoms with Gasteiger partial charge in [-0.05, 0) is 55.7 Å². The molecule has 0 amide bonds. The van der Waals surface area contributed by atoms with Gasteiger partial charge in [0.25, 0.3) is 0 Å². The zero-order valence-corrected chi connectivity index (χ0v) is 20.0. The summed E-state index contributed by atoms with van der Waals surface area (Å²) < 4.78 is 0. The standard InChI is InChI=1S/C21H31N5S.HI/c1-3-22-21(24-16-17(2)15-19-7-6-14-27-19)25-18-9-12-26(13-10-18)20-8-4-5-11-23-20;/h4-8,11,14,17-18H,3,9-10,12-13,15-16H2,1-2H3,(H2,22,24,25);1H. The Morgan fingerprint density at radius 3 is 2.75 bits per heavy atom. The fourth-order valence-electron chi connectivity index (χ4n) is 3.39. The van der Waals surface area contributed by atoms with Gasteiger partial charge in [0.15, 0.2) is 5.96 Å². The summed E-state index contributed by atoms with van der Waals surface area (Å²) in [5, 5.41) is 9.19. The number of rotatable bonds is 7. The quantitative estimate of drug-likeness (QED) is 0.332. The van der Waals surface area contributed by atoms with E-state index in [2.05, 4.69) is 64.0 Å². The zero-order valence-electron chi connectivity index (χ0n) is 16.8. The first-order valence-corrected chi connectivity index (χ1v) is 10.9. The molecule has 2 aromatic heterocycles. The number of nitrogens with zero attached hydrogens (tertiary/aromatic N) is 3. The van der Waals surface area contributed by atoms with Gasteiger partial charge in [-0.1, -0.05) is 19.1 Å². The molecular formula is C21H32IN5S. The molecule has 28 heavy (non-hydrogen) atoms. The van der Waals surface area contributed by atoms with Crippen LogP contribution in [0, 0.1) is 5.92 Å². The van der Waals surface area contributed by atoms with Gasteiger partial charge in [-0.2, -0.15) is 0 Å². The van der Waals surface area contributed by atoms with Gasteiger partial charge >= 0.3 is 0 Å². The first kappa shape index (κ1) is 22.9. The maximum absolute atomic E-state index is 4.84. The van der Waals surface area contributed by atoms with Crippen LogP contribution in [0.25, 0.3) is 0 Å². The van der Waals surface area contributed by atoms with Crippen LogP contribution in [-0.2, 0) is 6.42 Å². The van der Waals surface area contributed by atoms with E-state index in [0.717, 1.165) is 57.2 Å². The minimum absolute atomic E-state index is 0. The molecule has 0 aliphatic carbocycles. The minimum Gasteiger partial charge on any atom is -0.357 e. The second-order valence-electron chi connectivity index (χ2n) is 7.20. The van der Waals surface area contributed by atoms with Gasteiger partial charge in [0.2, 0.25) is 0 Å². The number of anilines is 1. The molecule has 2 aromatic rings. The highest BCUT2D eigenvalue weighted by Crippen LogP contribution is 2.17. The molecule has 0 bridgehead atoms. The number of pyridine rings is 1. The monoisotopic (exact) mass is 513 g/mol. The number of halogens is 1. The number of piperidine rings is 1. The molecule has 1 fully saturated rings. The van der Waals surface area contributed by atoms with E-state index in [0.29, 0.717) is 12.0 Å². The van der Waals surface area contributed by atoms with Gasteiger partial charge in [-0.3, -0.25) is 4.99 Å². The van der Waals surface area contributed by atoms with Crippen molar-refractivity contribution in [2.24, 2.45) is 10.9 Å². The summed E-state index contributed by atoms with van der Waals surface area (Å²) in [6.07, 6.45) is 5.17. The average Bonchev–Trinajstić information content (AvgIpc) is 3.20. The third-order valence-electron chi connectivity index (χ3n) is 4.84. The largest absolute Gasteiger partial charge is 0.357 e. The number of nitrogens with one attached hydrogen (secondary N) is 2. The number of aromatic nitrogens is 1. The molecule has 1 atom stereocenters. The Morgan fingerprint density at radius 1 is 1.29 bits per heavy atom. The zero-order chi connectivity index (χ0) is 18.9. The van der Waals surface area contributed by atoms with E-state index in [-0.39, 0.29) is 24.0 Å². The average molecular weight is 513 g/mol. The number of hydrogen-bond acceptors (Lipinski definition) is 4. The first-order chi connectivity index (χ1) is 13.2. The fraction of sp³-hybridized carbons (Fsp3) is 0.524. The molecule has 3 heterocycles. The summed E-state index contributed by atoms with van der Waals surface area (Å²) in [6.45, 7) is 8.19. The maximum atomic E-state index is 4.84. The van der Waals surface area contributed by atoms with Crippen molar-refractivity contribution >= 4 is 47.1 Å². The van der Waals surface area contributed by atoms with Crippen molar-refractivity contribution in [1.29, 1.82) is 0 Å².